The highest BCUT2D eigenvalue weighted by molar-refractivity contribution is 5.81. The Hall–Kier alpha value is -1.36. The Kier molecular flexibility index (Phi) is 14.5. The Morgan fingerprint density at radius 1 is 1.33 bits per heavy atom. The van der Waals surface area contributed by atoms with Crippen LogP contribution in [0.5, 0.6) is 0 Å². The van der Waals surface area contributed by atoms with Gasteiger partial charge in [-0.15, -0.1) is 0 Å². The largest absolute Gasteiger partial charge is 0.481 e. The molecule has 0 radical (unpaired) electrons. The van der Waals surface area contributed by atoms with Gasteiger partial charge in [0.1, 0.15) is 6.61 Å². The van der Waals surface area contributed by atoms with Crippen molar-refractivity contribution in [3.05, 3.63) is 12.7 Å². The first-order valence-corrected chi connectivity index (χ1v) is 6.13. The van der Waals surface area contributed by atoms with Gasteiger partial charge in [-0.2, -0.15) is 0 Å². The number of aliphatic hydroxyl groups is 1. The highest BCUT2D eigenvalue weighted by Gasteiger charge is 1.98. The standard InChI is InChI=1S/C7H14O2.C6H10O3/c1-2-3-4-5-6-7(8)9;1-3-6(8)9-4-5(2)7/h2-6H2,1H3,(H,8,9);3,5,7H,1,4H2,2H3. The molecule has 0 heterocycles. The van der Waals surface area contributed by atoms with Crippen LogP contribution in [0, 0.1) is 0 Å². The Morgan fingerprint density at radius 2 is 1.94 bits per heavy atom. The van der Waals surface area contributed by atoms with Crippen molar-refractivity contribution in [1.82, 2.24) is 0 Å². The molecule has 0 aromatic rings. The minimum atomic E-state index is -0.675. The Balaban J connectivity index is 0. The summed E-state index contributed by atoms with van der Waals surface area (Å²) in [6.45, 7) is 6.86. The lowest BCUT2D eigenvalue weighted by atomic mass is 10.2. The summed E-state index contributed by atoms with van der Waals surface area (Å²) in [5.41, 5.74) is 0. The van der Waals surface area contributed by atoms with Crippen LogP contribution < -0.4 is 0 Å². The van der Waals surface area contributed by atoms with Crippen LogP contribution in [0.2, 0.25) is 0 Å². The summed E-state index contributed by atoms with van der Waals surface area (Å²) in [5.74, 6) is -1.18. The molecule has 1 atom stereocenters. The van der Waals surface area contributed by atoms with Crippen LogP contribution in [0.4, 0.5) is 0 Å². The zero-order valence-electron chi connectivity index (χ0n) is 11.2. The lowest BCUT2D eigenvalue weighted by Crippen LogP contribution is -2.13. The maximum Gasteiger partial charge on any atom is 0.330 e. The van der Waals surface area contributed by atoms with Gasteiger partial charge in [-0.25, -0.2) is 4.79 Å². The second kappa shape index (κ2) is 13.7. The molecular formula is C13H24O5. The summed E-state index contributed by atoms with van der Waals surface area (Å²) in [6.07, 6.45) is 5.01. The fourth-order valence-electron chi connectivity index (χ4n) is 0.965. The van der Waals surface area contributed by atoms with Crippen LogP contribution in [-0.4, -0.2) is 34.9 Å². The van der Waals surface area contributed by atoms with Gasteiger partial charge >= 0.3 is 11.9 Å². The number of rotatable bonds is 8. The summed E-state index contributed by atoms with van der Waals surface area (Å²) in [4.78, 5) is 20.2. The Labute approximate surface area is 108 Å². The SMILES string of the molecule is C=CC(=O)OCC(C)O.CCCCCCC(=O)O. The highest BCUT2D eigenvalue weighted by atomic mass is 16.5. The zero-order valence-corrected chi connectivity index (χ0v) is 11.2. The molecular weight excluding hydrogens is 236 g/mol. The van der Waals surface area contributed by atoms with Gasteiger partial charge in [0.25, 0.3) is 0 Å². The molecule has 0 saturated carbocycles. The fraction of sp³-hybridized carbons (Fsp3) is 0.692. The van der Waals surface area contributed by atoms with E-state index >= 15 is 0 Å². The summed E-state index contributed by atoms with van der Waals surface area (Å²) in [5, 5.41) is 16.8. The van der Waals surface area contributed by atoms with Crippen LogP contribution in [0.3, 0.4) is 0 Å². The number of carbonyl (C=O) groups is 2. The molecule has 0 bridgehead atoms. The van der Waals surface area contributed by atoms with Crippen LogP contribution in [0.15, 0.2) is 12.7 Å². The summed E-state index contributed by atoms with van der Waals surface area (Å²) >= 11 is 0. The molecule has 5 heteroatoms. The van der Waals surface area contributed by atoms with Crippen LogP contribution in [0.25, 0.3) is 0 Å². The maximum atomic E-state index is 10.3. The molecule has 18 heavy (non-hydrogen) atoms. The number of hydrogen-bond acceptors (Lipinski definition) is 4. The monoisotopic (exact) mass is 260 g/mol. The predicted octanol–water partition coefficient (Wildman–Crippen LogP) is 2.14. The molecule has 0 aliphatic heterocycles. The number of unbranched alkanes of at least 4 members (excludes halogenated alkanes) is 3. The minimum Gasteiger partial charge on any atom is -0.481 e. The average molecular weight is 260 g/mol. The molecule has 0 amide bonds. The average Bonchev–Trinajstić information content (AvgIpc) is 2.32. The van der Waals surface area contributed by atoms with Gasteiger partial charge in [-0.1, -0.05) is 32.8 Å². The van der Waals surface area contributed by atoms with Crippen molar-refractivity contribution in [3.8, 4) is 0 Å². The van der Waals surface area contributed by atoms with Gasteiger partial charge in [0, 0.05) is 12.5 Å². The lowest BCUT2D eigenvalue weighted by molar-refractivity contribution is -0.140. The molecule has 0 spiro atoms. The molecule has 0 saturated heterocycles. The van der Waals surface area contributed by atoms with Crippen molar-refractivity contribution in [2.24, 2.45) is 0 Å². The molecule has 0 aromatic heterocycles. The van der Waals surface area contributed by atoms with Crippen molar-refractivity contribution in [1.29, 1.82) is 0 Å². The van der Waals surface area contributed by atoms with Crippen LogP contribution >= 0.6 is 0 Å². The molecule has 0 aliphatic carbocycles. The fourth-order valence-corrected chi connectivity index (χ4v) is 0.965. The van der Waals surface area contributed by atoms with Crippen molar-refractivity contribution in [3.63, 3.8) is 0 Å². The first kappa shape index (κ1) is 19.0. The third kappa shape index (κ3) is 20.1. The second-order valence-electron chi connectivity index (χ2n) is 3.89. The van der Waals surface area contributed by atoms with E-state index in [1.54, 1.807) is 0 Å². The quantitative estimate of drug-likeness (QED) is 0.397. The number of aliphatic carboxylic acids is 1. The number of carbonyl (C=O) groups excluding carboxylic acids is 1. The van der Waals surface area contributed by atoms with Gasteiger partial charge in [0.15, 0.2) is 0 Å². The van der Waals surface area contributed by atoms with E-state index in [4.69, 9.17) is 10.2 Å². The van der Waals surface area contributed by atoms with E-state index < -0.39 is 18.0 Å². The van der Waals surface area contributed by atoms with Crippen molar-refractivity contribution >= 4 is 11.9 Å². The smallest absolute Gasteiger partial charge is 0.330 e. The summed E-state index contributed by atoms with van der Waals surface area (Å²) < 4.78 is 4.45. The number of aliphatic hydroxyl groups excluding tert-OH is 1. The Morgan fingerprint density at radius 3 is 2.33 bits per heavy atom. The van der Waals surface area contributed by atoms with E-state index in [-0.39, 0.29) is 6.61 Å². The molecule has 0 aliphatic rings. The molecule has 5 nitrogen and oxygen atoms in total. The van der Waals surface area contributed by atoms with E-state index in [0.717, 1.165) is 25.3 Å². The topological polar surface area (TPSA) is 83.8 Å². The summed E-state index contributed by atoms with van der Waals surface area (Å²) in [6, 6.07) is 0. The number of ether oxygens (including phenoxy) is 1. The van der Waals surface area contributed by atoms with Crippen LogP contribution in [-0.2, 0) is 14.3 Å². The van der Waals surface area contributed by atoms with Gasteiger partial charge in [-0.05, 0) is 13.3 Å². The zero-order chi connectivity index (χ0) is 14.4. The van der Waals surface area contributed by atoms with Crippen molar-refractivity contribution in [2.75, 3.05) is 6.61 Å². The van der Waals surface area contributed by atoms with Gasteiger partial charge in [-0.3, -0.25) is 4.79 Å². The number of esters is 1. The molecule has 0 rings (SSSR count). The van der Waals surface area contributed by atoms with Gasteiger partial charge < -0.3 is 14.9 Å². The van der Waals surface area contributed by atoms with E-state index in [1.807, 2.05) is 0 Å². The van der Waals surface area contributed by atoms with Crippen LogP contribution in [0.1, 0.15) is 46.0 Å². The molecule has 2 N–H and O–H groups in total. The van der Waals surface area contributed by atoms with Crippen molar-refractivity contribution < 1.29 is 24.5 Å². The molecule has 0 fully saturated rings. The molecule has 106 valence electrons. The highest BCUT2D eigenvalue weighted by Crippen LogP contribution is 2.01. The van der Waals surface area contributed by atoms with E-state index in [1.165, 1.54) is 13.3 Å². The van der Waals surface area contributed by atoms with E-state index in [0.29, 0.717) is 6.42 Å². The van der Waals surface area contributed by atoms with Gasteiger partial charge in [0.05, 0.1) is 6.10 Å². The second-order valence-corrected chi connectivity index (χ2v) is 3.89. The van der Waals surface area contributed by atoms with Crippen molar-refractivity contribution in [2.45, 2.75) is 52.1 Å². The summed E-state index contributed by atoms with van der Waals surface area (Å²) in [7, 11) is 0. The first-order chi connectivity index (χ1) is 8.43. The number of carboxylic acids is 1. The molecule has 1 unspecified atom stereocenters. The minimum absolute atomic E-state index is 0.0326. The number of hydrogen-bond donors (Lipinski definition) is 2. The van der Waals surface area contributed by atoms with E-state index in [9.17, 15) is 9.59 Å². The third-order valence-corrected chi connectivity index (χ3v) is 1.88. The maximum absolute atomic E-state index is 10.3. The normalized spacial score (nSPS) is 10.8. The van der Waals surface area contributed by atoms with E-state index in [2.05, 4.69) is 18.2 Å². The molecule has 0 aromatic carbocycles. The Bertz CT molecular complexity index is 236. The predicted molar refractivity (Wildman–Crippen MR) is 69.2 cm³/mol. The third-order valence-electron chi connectivity index (χ3n) is 1.88. The number of carboxylic acid groups (broad SMARTS) is 1. The lowest BCUT2D eigenvalue weighted by Gasteiger charge is -2.02. The van der Waals surface area contributed by atoms with Gasteiger partial charge in [0.2, 0.25) is 0 Å². The first-order valence-electron chi connectivity index (χ1n) is 6.13.